The minimum absolute atomic E-state index is 0.106. The van der Waals surface area contributed by atoms with Crippen molar-refractivity contribution in [3.63, 3.8) is 0 Å². The maximum Gasteiger partial charge on any atom is 0.409 e. The Morgan fingerprint density at radius 1 is 1.40 bits per heavy atom. The highest BCUT2D eigenvalue weighted by atomic mass is 16.4. The van der Waals surface area contributed by atoms with Crippen molar-refractivity contribution in [2.45, 2.75) is 6.42 Å². The van der Waals surface area contributed by atoms with Gasteiger partial charge in [-0.2, -0.15) is 0 Å². The number of carboxylic acid groups (broad SMARTS) is 1. The lowest BCUT2D eigenvalue weighted by Crippen LogP contribution is -2.14. The van der Waals surface area contributed by atoms with Gasteiger partial charge in [0.2, 0.25) is 0 Å². The smallest absolute Gasteiger partial charge is 0.409 e. The predicted octanol–water partition coefficient (Wildman–Crippen LogP) is 1.07. The number of carbonyl (C=O) groups is 1. The molecule has 0 atom stereocenters. The SMILES string of the molecule is N/C(Cc1ccc(NC(=O)O)cc1)=N/O. The fourth-order valence-electron chi connectivity index (χ4n) is 1.07. The Balaban J connectivity index is 2.68. The maximum absolute atomic E-state index is 10.3. The molecule has 0 saturated carbocycles. The van der Waals surface area contributed by atoms with Crippen LogP contribution in [0.15, 0.2) is 29.4 Å². The first kappa shape index (κ1) is 10.8. The van der Waals surface area contributed by atoms with Crippen molar-refractivity contribution in [1.82, 2.24) is 0 Å². The second kappa shape index (κ2) is 4.85. The summed E-state index contributed by atoms with van der Waals surface area (Å²) >= 11 is 0. The molecular formula is C9H11N3O3. The zero-order chi connectivity index (χ0) is 11.3. The summed E-state index contributed by atoms with van der Waals surface area (Å²) in [6.45, 7) is 0. The van der Waals surface area contributed by atoms with E-state index in [-0.39, 0.29) is 5.84 Å². The number of oxime groups is 1. The van der Waals surface area contributed by atoms with Gasteiger partial charge in [0.15, 0.2) is 0 Å². The zero-order valence-corrected chi connectivity index (χ0v) is 7.84. The molecular weight excluding hydrogens is 198 g/mol. The number of hydrogen-bond donors (Lipinski definition) is 4. The van der Waals surface area contributed by atoms with Crippen LogP contribution in [0.25, 0.3) is 0 Å². The molecule has 5 N–H and O–H groups in total. The largest absolute Gasteiger partial charge is 0.465 e. The highest BCUT2D eigenvalue weighted by Gasteiger charge is 1.99. The molecule has 0 unspecified atom stereocenters. The third kappa shape index (κ3) is 3.55. The molecule has 0 aliphatic rings. The molecule has 0 heterocycles. The van der Waals surface area contributed by atoms with Crippen molar-refractivity contribution in [1.29, 1.82) is 0 Å². The van der Waals surface area contributed by atoms with E-state index in [0.717, 1.165) is 5.56 Å². The summed E-state index contributed by atoms with van der Waals surface area (Å²) in [7, 11) is 0. The third-order valence-corrected chi connectivity index (χ3v) is 1.72. The molecule has 0 fully saturated rings. The van der Waals surface area contributed by atoms with Gasteiger partial charge in [-0.15, -0.1) is 0 Å². The number of amidine groups is 1. The Labute approximate surface area is 86.0 Å². The molecule has 0 saturated heterocycles. The van der Waals surface area contributed by atoms with Gasteiger partial charge in [-0.1, -0.05) is 17.3 Å². The molecule has 1 amide bonds. The Morgan fingerprint density at radius 3 is 2.47 bits per heavy atom. The normalized spacial score (nSPS) is 11.1. The van der Waals surface area contributed by atoms with Crippen LogP contribution >= 0.6 is 0 Å². The molecule has 0 aliphatic heterocycles. The number of hydrogen-bond acceptors (Lipinski definition) is 3. The molecule has 6 nitrogen and oxygen atoms in total. The summed E-state index contributed by atoms with van der Waals surface area (Å²) in [6.07, 6.45) is -0.789. The van der Waals surface area contributed by atoms with Crippen LogP contribution in [0.4, 0.5) is 10.5 Å². The molecule has 0 spiro atoms. The van der Waals surface area contributed by atoms with Gasteiger partial charge in [-0.05, 0) is 17.7 Å². The summed E-state index contributed by atoms with van der Waals surface area (Å²) in [5, 5.41) is 21.8. The monoisotopic (exact) mass is 209 g/mol. The molecule has 1 rings (SSSR count). The second-order valence-corrected chi connectivity index (χ2v) is 2.90. The fourth-order valence-corrected chi connectivity index (χ4v) is 1.07. The third-order valence-electron chi connectivity index (χ3n) is 1.72. The van der Waals surface area contributed by atoms with E-state index in [4.69, 9.17) is 16.0 Å². The number of benzene rings is 1. The molecule has 0 bridgehead atoms. The van der Waals surface area contributed by atoms with Crippen molar-refractivity contribution >= 4 is 17.6 Å². The predicted molar refractivity (Wildman–Crippen MR) is 55.2 cm³/mol. The molecule has 80 valence electrons. The van der Waals surface area contributed by atoms with Crippen molar-refractivity contribution < 1.29 is 15.1 Å². The number of rotatable bonds is 3. The number of nitrogens with zero attached hydrogens (tertiary/aromatic N) is 1. The van der Waals surface area contributed by atoms with Gasteiger partial charge in [0.25, 0.3) is 0 Å². The Morgan fingerprint density at radius 2 is 2.00 bits per heavy atom. The molecule has 0 aliphatic carbocycles. The lowest BCUT2D eigenvalue weighted by atomic mass is 10.1. The van der Waals surface area contributed by atoms with Crippen LogP contribution in [0.2, 0.25) is 0 Å². The quantitative estimate of drug-likeness (QED) is 0.258. The number of amides is 1. The maximum atomic E-state index is 10.3. The van der Waals surface area contributed by atoms with E-state index < -0.39 is 6.09 Å². The molecule has 0 radical (unpaired) electrons. The van der Waals surface area contributed by atoms with E-state index in [1.54, 1.807) is 24.3 Å². The molecule has 15 heavy (non-hydrogen) atoms. The summed E-state index contributed by atoms with van der Waals surface area (Å²) in [5.41, 5.74) is 6.63. The van der Waals surface area contributed by atoms with Crippen LogP contribution in [0, 0.1) is 0 Å². The Kier molecular flexibility index (Phi) is 3.50. The van der Waals surface area contributed by atoms with Crippen molar-refractivity contribution in [3.05, 3.63) is 29.8 Å². The van der Waals surface area contributed by atoms with Crippen LogP contribution in [-0.2, 0) is 6.42 Å². The van der Waals surface area contributed by atoms with Gasteiger partial charge < -0.3 is 16.0 Å². The van der Waals surface area contributed by atoms with E-state index in [1.807, 2.05) is 0 Å². The first-order valence-electron chi connectivity index (χ1n) is 4.17. The Hall–Kier alpha value is -2.24. The molecule has 1 aromatic rings. The first-order valence-corrected chi connectivity index (χ1v) is 4.17. The van der Waals surface area contributed by atoms with Gasteiger partial charge in [-0.25, -0.2) is 4.79 Å². The minimum atomic E-state index is -1.11. The van der Waals surface area contributed by atoms with Crippen LogP contribution in [0.1, 0.15) is 5.56 Å². The average Bonchev–Trinajstić information content (AvgIpc) is 2.20. The van der Waals surface area contributed by atoms with Gasteiger partial charge in [-0.3, -0.25) is 5.32 Å². The summed E-state index contributed by atoms with van der Waals surface area (Å²) in [6, 6.07) is 6.61. The fraction of sp³-hybridized carbons (Fsp3) is 0.111. The number of nitrogens with two attached hydrogens (primary N) is 1. The van der Waals surface area contributed by atoms with E-state index in [2.05, 4.69) is 10.5 Å². The summed E-state index contributed by atoms with van der Waals surface area (Å²) < 4.78 is 0. The van der Waals surface area contributed by atoms with E-state index in [0.29, 0.717) is 12.1 Å². The summed E-state index contributed by atoms with van der Waals surface area (Å²) in [5.74, 6) is 0.106. The lowest BCUT2D eigenvalue weighted by molar-refractivity contribution is 0.210. The molecule has 6 heteroatoms. The van der Waals surface area contributed by atoms with Crippen molar-refractivity contribution in [2.75, 3.05) is 5.32 Å². The summed E-state index contributed by atoms with van der Waals surface area (Å²) in [4.78, 5) is 10.3. The average molecular weight is 209 g/mol. The molecule has 1 aromatic carbocycles. The van der Waals surface area contributed by atoms with E-state index in [1.165, 1.54) is 0 Å². The minimum Gasteiger partial charge on any atom is -0.465 e. The zero-order valence-electron chi connectivity index (χ0n) is 7.84. The van der Waals surface area contributed by atoms with Crippen LogP contribution in [-0.4, -0.2) is 22.2 Å². The van der Waals surface area contributed by atoms with E-state index >= 15 is 0 Å². The second-order valence-electron chi connectivity index (χ2n) is 2.90. The van der Waals surface area contributed by atoms with Crippen LogP contribution < -0.4 is 11.1 Å². The van der Waals surface area contributed by atoms with Gasteiger partial charge in [0.1, 0.15) is 5.84 Å². The first-order chi connectivity index (χ1) is 7.11. The highest BCUT2D eigenvalue weighted by Crippen LogP contribution is 2.09. The van der Waals surface area contributed by atoms with Crippen molar-refractivity contribution in [2.24, 2.45) is 10.9 Å². The molecule has 0 aromatic heterocycles. The topological polar surface area (TPSA) is 108 Å². The number of nitrogens with one attached hydrogen (secondary N) is 1. The Bertz CT molecular complexity index is 373. The van der Waals surface area contributed by atoms with Gasteiger partial charge in [0, 0.05) is 12.1 Å². The van der Waals surface area contributed by atoms with Gasteiger partial charge in [0.05, 0.1) is 0 Å². The highest BCUT2D eigenvalue weighted by molar-refractivity contribution is 5.84. The van der Waals surface area contributed by atoms with Gasteiger partial charge >= 0.3 is 6.09 Å². The van der Waals surface area contributed by atoms with Crippen LogP contribution in [0.5, 0.6) is 0 Å². The van der Waals surface area contributed by atoms with E-state index in [9.17, 15) is 4.79 Å². The lowest BCUT2D eigenvalue weighted by Gasteiger charge is -2.02. The number of anilines is 1. The standard InChI is InChI=1S/C9H11N3O3/c10-8(12-15)5-6-1-3-7(4-2-6)11-9(13)14/h1-4,11,15H,5H2,(H2,10,12)(H,13,14). The van der Waals surface area contributed by atoms with Crippen molar-refractivity contribution in [3.8, 4) is 0 Å². The van der Waals surface area contributed by atoms with Crippen LogP contribution in [0.3, 0.4) is 0 Å².